The van der Waals surface area contributed by atoms with E-state index < -0.39 is 97.5 Å². The van der Waals surface area contributed by atoms with E-state index in [1.165, 1.54) is 283 Å². The predicted octanol–water partition coefficient (Wildman–Crippen LogP) is 27.0. The van der Waals surface area contributed by atoms with E-state index in [2.05, 4.69) is 41.5 Å². The number of phosphoric ester groups is 2. The van der Waals surface area contributed by atoms with Gasteiger partial charge in [0.25, 0.3) is 0 Å². The molecule has 107 heavy (non-hydrogen) atoms. The standard InChI is InChI=1S/C88H172O17P2/c1-7-9-11-13-15-17-19-21-23-25-26-27-28-29-31-37-41-45-49-53-61-66-72-87(92)104-83(76-98-85(90)70-64-58-51-47-43-39-35-33-32-34-38-42-46-50-56-62-68-80(3)4)78-102-106(94,95)100-74-82(89)75-101-107(96,97)103-79-84(77-99-86(91)71-65-59-55-54-57-63-69-81(5)6)105-88(93)73-67-60-52-48-44-40-36-30-24-22-20-18-16-14-12-10-8-2/h80-84,89H,7-79H2,1-6H3,(H,94,95)(H,96,97)/t82-,83-,84-/m1/s1. The van der Waals surface area contributed by atoms with Crippen LogP contribution in [-0.4, -0.2) is 96.7 Å². The van der Waals surface area contributed by atoms with E-state index in [0.29, 0.717) is 31.6 Å². The molecule has 0 amide bonds. The van der Waals surface area contributed by atoms with Gasteiger partial charge in [-0.15, -0.1) is 0 Å². The predicted molar refractivity (Wildman–Crippen MR) is 442 cm³/mol. The summed E-state index contributed by atoms with van der Waals surface area (Å²) in [6.45, 7) is 9.63. The van der Waals surface area contributed by atoms with Crippen molar-refractivity contribution < 1.29 is 80.2 Å². The number of hydrogen-bond donors (Lipinski definition) is 3. The van der Waals surface area contributed by atoms with E-state index in [1.807, 2.05) is 0 Å². The molecule has 0 aromatic carbocycles. The number of aliphatic hydroxyl groups excluding tert-OH is 1. The Hall–Kier alpha value is -1.94. The first kappa shape index (κ1) is 105. The van der Waals surface area contributed by atoms with E-state index in [4.69, 9.17) is 37.0 Å². The third kappa shape index (κ3) is 81.9. The molecule has 0 saturated carbocycles. The summed E-state index contributed by atoms with van der Waals surface area (Å²) in [5.74, 6) is -0.611. The first-order valence-corrected chi connectivity index (χ1v) is 48.5. The van der Waals surface area contributed by atoms with Gasteiger partial charge in [0, 0.05) is 25.7 Å². The highest BCUT2D eigenvalue weighted by atomic mass is 31.2. The Balaban J connectivity index is 5.20. The van der Waals surface area contributed by atoms with Crippen molar-refractivity contribution >= 4 is 39.5 Å². The Labute approximate surface area is 658 Å². The molecule has 0 aromatic heterocycles. The summed E-state index contributed by atoms with van der Waals surface area (Å²) < 4.78 is 68.9. The smallest absolute Gasteiger partial charge is 0.462 e. The van der Waals surface area contributed by atoms with E-state index in [1.54, 1.807) is 0 Å². The Morgan fingerprint density at radius 3 is 0.636 bits per heavy atom. The molecule has 0 bridgehead atoms. The minimum Gasteiger partial charge on any atom is -0.462 e. The Kier molecular flexibility index (Phi) is 77.9. The van der Waals surface area contributed by atoms with Crippen molar-refractivity contribution in [3.63, 3.8) is 0 Å². The van der Waals surface area contributed by atoms with Gasteiger partial charge in [0.2, 0.25) is 0 Å². The first-order valence-electron chi connectivity index (χ1n) is 45.5. The van der Waals surface area contributed by atoms with Gasteiger partial charge in [0.15, 0.2) is 12.2 Å². The average Bonchev–Trinajstić information content (AvgIpc) is 0.933. The van der Waals surface area contributed by atoms with E-state index >= 15 is 0 Å². The Morgan fingerprint density at radius 1 is 0.252 bits per heavy atom. The Morgan fingerprint density at radius 2 is 0.430 bits per heavy atom. The topological polar surface area (TPSA) is 237 Å². The number of carbonyl (C=O) groups is 4. The van der Waals surface area contributed by atoms with Gasteiger partial charge in [0.1, 0.15) is 19.3 Å². The molecular weight excluding hydrogens is 1390 g/mol. The number of aliphatic hydroxyl groups is 1. The summed E-state index contributed by atoms with van der Waals surface area (Å²) in [6.07, 6.45) is 72.5. The minimum atomic E-state index is -4.97. The third-order valence-electron chi connectivity index (χ3n) is 20.7. The molecule has 0 saturated heterocycles. The fourth-order valence-electron chi connectivity index (χ4n) is 13.8. The lowest BCUT2D eigenvalue weighted by Gasteiger charge is -2.21. The number of carbonyl (C=O) groups excluding carboxylic acids is 4. The Bertz CT molecular complexity index is 2050. The zero-order chi connectivity index (χ0) is 78.5. The van der Waals surface area contributed by atoms with Crippen molar-refractivity contribution in [1.29, 1.82) is 0 Å². The SMILES string of the molecule is CCCCCCCCCCCCCCCCCCCCCCCCC(=O)O[C@H](COC(=O)CCCCCCCCCCCCCCCCCCC(C)C)COP(=O)(O)OC[C@@H](O)COP(=O)(O)OC[C@@H](COC(=O)CCCCCCCCC(C)C)OC(=O)CCCCCCCCCCCCCCCCCCC. The van der Waals surface area contributed by atoms with Gasteiger partial charge in [-0.05, 0) is 37.5 Å². The lowest BCUT2D eigenvalue weighted by atomic mass is 10.0. The minimum absolute atomic E-state index is 0.108. The number of hydrogen-bond acceptors (Lipinski definition) is 15. The van der Waals surface area contributed by atoms with Crippen LogP contribution in [0.15, 0.2) is 0 Å². The van der Waals surface area contributed by atoms with Crippen molar-refractivity contribution in [1.82, 2.24) is 0 Å². The van der Waals surface area contributed by atoms with Crippen molar-refractivity contribution in [3.8, 4) is 0 Å². The number of rotatable bonds is 87. The second-order valence-corrected chi connectivity index (χ2v) is 35.5. The molecule has 3 N–H and O–H groups in total. The number of esters is 4. The zero-order valence-corrected chi connectivity index (χ0v) is 72.2. The van der Waals surface area contributed by atoms with Gasteiger partial charge < -0.3 is 33.8 Å². The van der Waals surface area contributed by atoms with Crippen LogP contribution < -0.4 is 0 Å². The molecule has 0 aliphatic heterocycles. The number of phosphoric acid groups is 2. The van der Waals surface area contributed by atoms with Crippen LogP contribution in [0.4, 0.5) is 0 Å². The number of ether oxygens (including phenoxy) is 4. The van der Waals surface area contributed by atoms with Gasteiger partial charge in [-0.2, -0.15) is 0 Å². The quantitative estimate of drug-likeness (QED) is 0.0222. The largest absolute Gasteiger partial charge is 0.472 e. The molecule has 2 unspecified atom stereocenters. The van der Waals surface area contributed by atoms with Gasteiger partial charge >= 0.3 is 39.5 Å². The van der Waals surface area contributed by atoms with Crippen LogP contribution >= 0.6 is 15.6 Å². The molecule has 0 aliphatic rings. The van der Waals surface area contributed by atoms with Crippen LogP contribution in [0, 0.1) is 11.8 Å². The number of unbranched alkanes of at least 4 members (excludes halogenated alkanes) is 57. The van der Waals surface area contributed by atoms with Crippen LogP contribution in [-0.2, 0) is 65.4 Å². The van der Waals surface area contributed by atoms with E-state index in [9.17, 15) is 43.2 Å². The molecule has 19 heteroatoms. The summed E-state index contributed by atoms with van der Waals surface area (Å²) >= 11 is 0. The molecule has 0 spiro atoms. The van der Waals surface area contributed by atoms with Crippen molar-refractivity contribution in [3.05, 3.63) is 0 Å². The second-order valence-electron chi connectivity index (χ2n) is 32.6. The molecule has 0 radical (unpaired) electrons. The summed E-state index contributed by atoms with van der Waals surface area (Å²) in [5, 5.41) is 10.7. The normalized spacial score (nSPS) is 13.8. The second kappa shape index (κ2) is 79.3. The van der Waals surface area contributed by atoms with Crippen LogP contribution in [0.1, 0.15) is 472 Å². The fraction of sp³-hybridized carbons (Fsp3) is 0.955. The maximum atomic E-state index is 13.2. The van der Waals surface area contributed by atoms with Gasteiger partial charge in [-0.1, -0.05) is 420 Å². The maximum absolute atomic E-state index is 13.2. The average molecular weight is 1560 g/mol. The van der Waals surface area contributed by atoms with Gasteiger partial charge in [0.05, 0.1) is 26.4 Å². The summed E-state index contributed by atoms with van der Waals surface area (Å²) in [4.78, 5) is 73.2. The third-order valence-corrected chi connectivity index (χ3v) is 22.6. The molecule has 636 valence electrons. The van der Waals surface area contributed by atoms with Crippen LogP contribution in [0.5, 0.6) is 0 Å². The molecule has 0 heterocycles. The van der Waals surface area contributed by atoms with Crippen molar-refractivity contribution in [2.45, 2.75) is 490 Å². The van der Waals surface area contributed by atoms with Gasteiger partial charge in [-0.3, -0.25) is 37.3 Å². The highest BCUT2D eigenvalue weighted by Gasteiger charge is 2.30. The monoisotopic (exact) mass is 1560 g/mol. The molecule has 0 fully saturated rings. The zero-order valence-electron chi connectivity index (χ0n) is 70.5. The lowest BCUT2D eigenvalue weighted by Crippen LogP contribution is -2.30. The summed E-state index contributed by atoms with van der Waals surface area (Å²) in [6, 6.07) is 0. The van der Waals surface area contributed by atoms with Crippen LogP contribution in [0.3, 0.4) is 0 Å². The fourth-order valence-corrected chi connectivity index (χ4v) is 15.4. The first-order chi connectivity index (χ1) is 51.9. The molecular formula is C88H172O17P2. The highest BCUT2D eigenvalue weighted by molar-refractivity contribution is 7.47. The van der Waals surface area contributed by atoms with Crippen LogP contribution in [0.2, 0.25) is 0 Å². The van der Waals surface area contributed by atoms with E-state index in [0.717, 1.165) is 102 Å². The highest BCUT2D eigenvalue weighted by Crippen LogP contribution is 2.45. The summed E-state index contributed by atoms with van der Waals surface area (Å²) in [7, 11) is -9.93. The molecule has 0 aliphatic carbocycles. The molecule has 5 atom stereocenters. The molecule has 17 nitrogen and oxygen atoms in total. The van der Waals surface area contributed by atoms with Crippen molar-refractivity contribution in [2.24, 2.45) is 11.8 Å². The molecule has 0 aromatic rings. The van der Waals surface area contributed by atoms with Crippen LogP contribution in [0.25, 0.3) is 0 Å². The van der Waals surface area contributed by atoms with E-state index in [-0.39, 0.29) is 25.7 Å². The summed E-state index contributed by atoms with van der Waals surface area (Å²) in [5.41, 5.74) is 0. The maximum Gasteiger partial charge on any atom is 0.472 e. The van der Waals surface area contributed by atoms with Gasteiger partial charge in [-0.25, -0.2) is 9.13 Å². The lowest BCUT2D eigenvalue weighted by molar-refractivity contribution is -0.161. The molecule has 0 rings (SSSR count). The van der Waals surface area contributed by atoms with Crippen molar-refractivity contribution in [2.75, 3.05) is 39.6 Å².